The molecule has 0 heterocycles. The molecule has 0 saturated heterocycles. The summed E-state index contributed by atoms with van der Waals surface area (Å²) in [4.78, 5) is 22.6. The van der Waals surface area contributed by atoms with E-state index in [2.05, 4.69) is 50.8 Å². The van der Waals surface area contributed by atoms with Gasteiger partial charge in [-0.25, -0.2) is 9.59 Å². The lowest BCUT2D eigenvalue weighted by molar-refractivity contribution is 0.0510. The average Bonchev–Trinajstić information content (AvgIpc) is 2.57. The molecular weight excluding hydrogens is 427 g/mol. The van der Waals surface area contributed by atoms with Gasteiger partial charge in [-0.1, -0.05) is 35.9 Å². The monoisotopic (exact) mass is 458 g/mol. The Balaban J connectivity index is 3.20. The van der Waals surface area contributed by atoms with Gasteiger partial charge in [0.1, 0.15) is 0 Å². The summed E-state index contributed by atoms with van der Waals surface area (Å²) in [5, 5.41) is 11.0. The predicted octanol–water partition coefficient (Wildman–Crippen LogP) is 1.24. The molecule has 0 fully saturated rings. The van der Waals surface area contributed by atoms with Crippen LogP contribution >= 0.6 is 22.6 Å². The van der Waals surface area contributed by atoms with Crippen LogP contribution in [0.1, 0.15) is 26.2 Å². The molecule has 4 amide bonds. The molecule has 0 aliphatic carbocycles. The van der Waals surface area contributed by atoms with Gasteiger partial charge in [0, 0.05) is 30.6 Å². The van der Waals surface area contributed by atoms with E-state index >= 15 is 0 Å². The molecule has 0 atom stereocenters. The van der Waals surface area contributed by atoms with Gasteiger partial charge in [-0.3, -0.25) is 0 Å². The highest BCUT2D eigenvalue weighted by atomic mass is 127. The lowest BCUT2D eigenvalue weighted by atomic mass is 10.3. The molecule has 0 radical (unpaired) electrons. The molecule has 0 spiro atoms. The van der Waals surface area contributed by atoms with Crippen molar-refractivity contribution in [2.45, 2.75) is 26.2 Å². The maximum Gasteiger partial charge on any atom is 0.314 e. The smallest absolute Gasteiger partial charge is 0.314 e. The molecule has 0 bridgehead atoms. The van der Waals surface area contributed by atoms with Gasteiger partial charge in [-0.05, 0) is 12.8 Å². The summed E-state index contributed by atoms with van der Waals surface area (Å²) in [6, 6.07) is -0.325. The number of hydrogen-bond donors (Lipinski definition) is 4. The van der Waals surface area contributed by atoms with Crippen LogP contribution in [0.4, 0.5) is 9.59 Å². The molecule has 0 saturated carbocycles. The highest BCUT2D eigenvalue weighted by Gasteiger charge is 1.99. The minimum atomic E-state index is -0.164. The Morgan fingerprint density at radius 1 is 0.750 bits per heavy atom. The van der Waals surface area contributed by atoms with Crippen molar-refractivity contribution in [1.82, 2.24) is 21.3 Å². The third-order valence-corrected chi connectivity index (χ3v) is 3.61. The summed E-state index contributed by atoms with van der Waals surface area (Å²) in [6.45, 7) is 6.21. The summed E-state index contributed by atoms with van der Waals surface area (Å²) in [5.74, 6) is 0. The first kappa shape index (κ1) is 23.2. The lowest BCUT2D eigenvalue weighted by Crippen LogP contribution is -2.38. The first-order valence-corrected chi connectivity index (χ1v) is 9.98. The van der Waals surface area contributed by atoms with Gasteiger partial charge in [-0.2, -0.15) is 0 Å². The second kappa shape index (κ2) is 18.5. The van der Waals surface area contributed by atoms with Gasteiger partial charge in [0.15, 0.2) is 0 Å². The zero-order chi connectivity index (χ0) is 17.9. The van der Waals surface area contributed by atoms with Crippen molar-refractivity contribution in [1.29, 1.82) is 0 Å². The maximum atomic E-state index is 11.3. The Kier molecular flexibility index (Phi) is 17.9. The van der Waals surface area contributed by atoms with Gasteiger partial charge in [0.05, 0.1) is 26.4 Å². The van der Waals surface area contributed by atoms with E-state index in [0.29, 0.717) is 52.6 Å². The van der Waals surface area contributed by atoms with Gasteiger partial charge in [0.25, 0.3) is 0 Å². The average molecular weight is 458 g/mol. The highest BCUT2D eigenvalue weighted by molar-refractivity contribution is 14.1. The van der Waals surface area contributed by atoms with E-state index in [1.807, 2.05) is 0 Å². The minimum absolute atomic E-state index is 0.161. The fraction of sp³-hybridized carbons (Fsp3) is 0.867. The van der Waals surface area contributed by atoms with E-state index in [1.165, 1.54) is 0 Å². The van der Waals surface area contributed by atoms with E-state index in [9.17, 15) is 9.59 Å². The Morgan fingerprint density at radius 3 is 1.67 bits per heavy atom. The van der Waals surface area contributed by atoms with Crippen LogP contribution in [0.25, 0.3) is 0 Å². The van der Waals surface area contributed by atoms with Crippen molar-refractivity contribution >= 4 is 34.7 Å². The topological polar surface area (TPSA) is 101 Å². The predicted molar refractivity (Wildman–Crippen MR) is 103 cm³/mol. The van der Waals surface area contributed by atoms with Crippen LogP contribution in [-0.2, 0) is 9.47 Å². The SMILES string of the molecule is CCCCNC(=O)NCCOCCOCCNC(=O)NCCCI. The van der Waals surface area contributed by atoms with Crippen LogP contribution in [0.5, 0.6) is 0 Å². The molecule has 0 aliphatic rings. The molecule has 0 aliphatic heterocycles. The Bertz CT molecular complexity index is 292. The summed E-state index contributed by atoms with van der Waals surface area (Å²) >= 11 is 2.27. The molecular formula is C15H31IN4O4. The molecule has 9 heteroatoms. The fourth-order valence-corrected chi connectivity index (χ4v) is 1.95. The van der Waals surface area contributed by atoms with Gasteiger partial charge in [-0.15, -0.1) is 0 Å². The van der Waals surface area contributed by atoms with Crippen LogP contribution in [-0.4, -0.2) is 69.1 Å². The number of urea groups is 2. The normalized spacial score (nSPS) is 10.2. The number of amides is 4. The van der Waals surface area contributed by atoms with Crippen LogP contribution < -0.4 is 21.3 Å². The molecule has 0 aromatic rings. The number of halogens is 1. The van der Waals surface area contributed by atoms with Crippen LogP contribution in [0, 0.1) is 0 Å². The number of carbonyl (C=O) groups excluding carboxylic acids is 2. The van der Waals surface area contributed by atoms with E-state index in [4.69, 9.17) is 9.47 Å². The van der Waals surface area contributed by atoms with Crippen LogP contribution in [0.3, 0.4) is 0 Å². The maximum absolute atomic E-state index is 11.3. The van der Waals surface area contributed by atoms with Gasteiger partial charge < -0.3 is 30.7 Å². The standard InChI is InChI=1S/C15H31IN4O4/c1-2-3-6-17-14(21)19-8-10-23-12-13-24-11-9-20-15(22)18-7-4-5-16/h2-13H2,1H3,(H2,17,19,21)(H2,18,20,22). The number of rotatable bonds is 15. The Hall–Kier alpha value is -0.810. The number of hydrogen-bond acceptors (Lipinski definition) is 4. The summed E-state index contributed by atoms with van der Waals surface area (Å²) < 4.78 is 11.7. The Morgan fingerprint density at radius 2 is 1.21 bits per heavy atom. The molecule has 0 aromatic carbocycles. The van der Waals surface area contributed by atoms with Crippen LogP contribution in [0.2, 0.25) is 0 Å². The third-order valence-electron chi connectivity index (χ3n) is 2.85. The fourth-order valence-electron chi connectivity index (χ4n) is 1.57. The van der Waals surface area contributed by atoms with Gasteiger partial charge in [0.2, 0.25) is 0 Å². The third kappa shape index (κ3) is 17.5. The Labute approximate surface area is 158 Å². The van der Waals surface area contributed by atoms with Crippen molar-refractivity contribution in [2.75, 3.05) is 57.0 Å². The summed E-state index contributed by atoms with van der Waals surface area (Å²) in [7, 11) is 0. The largest absolute Gasteiger partial charge is 0.377 e. The number of carbonyl (C=O) groups is 2. The van der Waals surface area contributed by atoms with E-state index in [0.717, 1.165) is 23.7 Å². The van der Waals surface area contributed by atoms with Crippen molar-refractivity contribution in [2.24, 2.45) is 0 Å². The molecule has 142 valence electrons. The number of ether oxygens (including phenoxy) is 2. The molecule has 0 rings (SSSR count). The summed E-state index contributed by atoms with van der Waals surface area (Å²) in [5.41, 5.74) is 0. The second-order valence-electron chi connectivity index (χ2n) is 4.99. The molecule has 0 unspecified atom stereocenters. The second-order valence-corrected chi connectivity index (χ2v) is 6.06. The van der Waals surface area contributed by atoms with Crippen LogP contribution in [0.15, 0.2) is 0 Å². The van der Waals surface area contributed by atoms with Crippen molar-refractivity contribution < 1.29 is 19.1 Å². The molecule has 0 aromatic heterocycles. The van der Waals surface area contributed by atoms with Crippen molar-refractivity contribution in [3.05, 3.63) is 0 Å². The molecule has 4 N–H and O–H groups in total. The van der Waals surface area contributed by atoms with Gasteiger partial charge >= 0.3 is 12.1 Å². The van der Waals surface area contributed by atoms with Crippen molar-refractivity contribution in [3.8, 4) is 0 Å². The lowest BCUT2D eigenvalue weighted by Gasteiger charge is -2.09. The zero-order valence-electron chi connectivity index (χ0n) is 14.5. The summed E-state index contributed by atoms with van der Waals surface area (Å²) in [6.07, 6.45) is 3.01. The van der Waals surface area contributed by atoms with E-state index < -0.39 is 0 Å². The highest BCUT2D eigenvalue weighted by Crippen LogP contribution is 1.85. The first-order chi connectivity index (χ1) is 11.7. The quantitative estimate of drug-likeness (QED) is 0.169. The van der Waals surface area contributed by atoms with E-state index in [1.54, 1.807) is 0 Å². The first-order valence-electron chi connectivity index (χ1n) is 8.45. The van der Waals surface area contributed by atoms with E-state index in [-0.39, 0.29) is 12.1 Å². The molecule has 8 nitrogen and oxygen atoms in total. The van der Waals surface area contributed by atoms with Crippen molar-refractivity contribution in [3.63, 3.8) is 0 Å². The minimum Gasteiger partial charge on any atom is -0.377 e. The number of unbranched alkanes of at least 4 members (excludes halogenated alkanes) is 1. The molecule has 24 heavy (non-hydrogen) atoms. The number of alkyl halides is 1. The number of nitrogens with one attached hydrogen (secondary N) is 4. The zero-order valence-corrected chi connectivity index (χ0v) is 16.7.